The van der Waals surface area contributed by atoms with E-state index in [4.69, 9.17) is 14.2 Å². The predicted molar refractivity (Wildman–Crippen MR) is 127 cm³/mol. The van der Waals surface area contributed by atoms with Crippen molar-refractivity contribution in [1.29, 1.82) is 0 Å². The van der Waals surface area contributed by atoms with Gasteiger partial charge in [-0.2, -0.15) is 0 Å². The first kappa shape index (κ1) is 26.6. The monoisotopic (exact) mass is 521 g/mol. The minimum atomic E-state index is -1.33. The number of cyclic esters (lactones) is 1. The van der Waals surface area contributed by atoms with Gasteiger partial charge in [-0.3, -0.25) is 9.69 Å². The molecule has 2 aliphatic heterocycles. The third-order valence-corrected chi connectivity index (χ3v) is 5.85. The average molecular weight is 522 g/mol. The van der Waals surface area contributed by atoms with E-state index >= 15 is 8.78 Å². The van der Waals surface area contributed by atoms with Gasteiger partial charge in [0.15, 0.2) is 12.2 Å². The Kier molecular flexibility index (Phi) is 7.79. The van der Waals surface area contributed by atoms with E-state index in [0.29, 0.717) is 5.57 Å². The summed E-state index contributed by atoms with van der Waals surface area (Å²) in [5, 5.41) is 13.7. The van der Waals surface area contributed by atoms with Crippen LogP contribution >= 0.6 is 0 Å². The van der Waals surface area contributed by atoms with Crippen LogP contribution in [0, 0.1) is 11.6 Å². The Hall–Kier alpha value is -3.51. The smallest absolute Gasteiger partial charge is 0.414 e. The summed E-state index contributed by atoms with van der Waals surface area (Å²) < 4.78 is 50.8. The Morgan fingerprint density at radius 2 is 2.03 bits per heavy atom. The first-order valence-electron chi connectivity index (χ1n) is 11.8. The number of aliphatic hydroxyl groups excluding tert-OH is 1. The van der Waals surface area contributed by atoms with Gasteiger partial charge >= 0.3 is 6.09 Å². The molecule has 0 spiro atoms. The molecule has 2 atom stereocenters. The Labute approximate surface area is 212 Å². The number of hydrogen-bond donors (Lipinski definition) is 1. The summed E-state index contributed by atoms with van der Waals surface area (Å²) in [6.45, 7) is 5.60. The molecule has 0 bridgehead atoms. The maximum atomic E-state index is 15.1. The van der Waals surface area contributed by atoms with Crippen molar-refractivity contribution in [2.45, 2.75) is 45.0 Å². The lowest BCUT2D eigenvalue weighted by Gasteiger charge is -2.30. The number of amides is 2. The van der Waals surface area contributed by atoms with Gasteiger partial charge in [0, 0.05) is 24.7 Å². The Morgan fingerprint density at radius 3 is 2.62 bits per heavy atom. The van der Waals surface area contributed by atoms with Crippen LogP contribution in [0.25, 0.3) is 5.57 Å². The summed E-state index contributed by atoms with van der Waals surface area (Å²) in [5.74, 6) is -1.96. The fraction of sp³-hybridized carbons (Fsp3) is 0.480. The number of carbonyl (C=O) groups excluding carboxylic acids is 2. The van der Waals surface area contributed by atoms with Gasteiger partial charge in [-0.15, -0.1) is 0 Å². The van der Waals surface area contributed by atoms with Crippen molar-refractivity contribution in [2.24, 2.45) is 0 Å². The Balaban J connectivity index is 1.39. The van der Waals surface area contributed by atoms with Crippen LogP contribution in [0.1, 0.15) is 32.8 Å². The van der Waals surface area contributed by atoms with Crippen molar-refractivity contribution in [3.05, 3.63) is 47.7 Å². The highest BCUT2D eigenvalue weighted by Gasteiger charge is 2.34. The number of anilines is 1. The number of nitrogens with zero attached hydrogens (tertiary/aromatic N) is 3. The van der Waals surface area contributed by atoms with Crippen molar-refractivity contribution in [3.8, 4) is 5.88 Å². The molecule has 0 radical (unpaired) electrons. The number of carbonyl (C=O) groups is 2. The number of halogens is 2. The van der Waals surface area contributed by atoms with Gasteiger partial charge in [-0.1, -0.05) is 6.08 Å². The SMILES string of the molecule is CC(C)(C)OC[C@H](O)C(=O)N1CC=C(c2c(F)cc(N3C[C@H](COc4ccon4)OC3=O)cc2F)CC1. The van der Waals surface area contributed by atoms with E-state index in [1.165, 1.54) is 17.2 Å². The van der Waals surface area contributed by atoms with Crippen molar-refractivity contribution < 1.29 is 42.2 Å². The summed E-state index contributed by atoms with van der Waals surface area (Å²) in [6, 6.07) is 3.65. The lowest BCUT2D eigenvalue weighted by molar-refractivity contribution is -0.146. The molecule has 4 rings (SSSR count). The molecule has 1 N–H and O–H groups in total. The van der Waals surface area contributed by atoms with E-state index in [1.807, 2.05) is 20.8 Å². The van der Waals surface area contributed by atoms with Gasteiger partial charge in [0.25, 0.3) is 11.8 Å². The molecule has 0 unspecified atom stereocenters. The molecule has 1 aromatic heterocycles. The fourth-order valence-electron chi connectivity index (χ4n) is 4.00. The van der Waals surface area contributed by atoms with Crippen molar-refractivity contribution >= 4 is 23.3 Å². The van der Waals surface area contributed by atoms with Gasteiger partial charge in [0.2, 0.25) is 0 Å². The van der Waals surface area contributed by atoms with Gasteiger partial charge in [0.1, 0.15) is 24.5 Å². The van der Waals surface area contributed by atoms with E-state index in [2.05, 4.69) is 9.68 Å². The number of aromatic nitrogens is 1. The van der Waals surface area contributed by atoms with Crippen molar-refractivity contribution in [1.82, 2.24) is 10.1 Å². The molecule has 37 heavy (non-hydrogen) atoms. The molecule has 3 heterocycles. The standard InChI is InChI=1S/C25H29F2N3O7/c1-25(2,3)35-14-20(31)23(32)29-7-4-15(5-8-29)22-18(26)10-16(11-19(22)27)30-12-17(37-24(30)33)13-34-21-6-9-36-28-21/h4,6,9-11,17,20,31H,5,7-8,12-14H2,1-3H3/t17-,20+/m1/s1. The summed E-state index contributed by atoms with van der Waals surface area (Å²) in [6.07, 6.45) is 0.343. The molecule has 0 saturated carbocycles. The highest BCUT2D eigenvalue weighted by molar-refractivity contribution is 5.90. The van der Waals surface area contributed by atoms with Crippen LogP contribution in [-0.4, -0.2) is 77.8 Å². The van der Waals surface area contributed by atoms with Gasteiger partial charge < -0.3 is 28.7 Å². The van der Waals surface area contributed by atoms with Crippen LogP contribution in [0.3, 0.4) is 0 Å². The van der Waals surface area contributed by atoms with Gasteiger partial charge in [-0.05, 0) is 50.1 Å². The van der Waals surface area contributed by atoms with E-state index in [0.717, 1.165) is 17.0 Å². The molecule has 1 fully saturated rings. The quantitative estimate of drug-likeness (QED) is 0.564. The molecule has 12 heteroatoms. The second kappa shape index (κ2) is 10.9. The third-order valence-electron chi connectivity index (χ3n) is 5.85. The zero-order chi connectivity index (χ0) is 26.7. The molecule has 200 valence electrons. The topological polar surface area (TPSA) is 115 Å². The van der Waals surface area contributed by atoms with Crippen molar-refractivity contribution in [2.75, 3.05) is 37.7 Å². The van der Waals surface area contributed by atoms with E-state index in [-0.39, 0.29) is 56.4 Å². The maximum absolute atomic E-state index is 15.1. The van der Waals surface area contributed by atoms with Crippen LogP contribution in [0.15, 0.2) is 35.1 Å². The number of ether oxygens (including phenoxy) is 3. The minimum absolute atomic E-state index is 0.00302. The molecule has 0 aliphatic carbocycles. The van der Waals surface area contributed by atoms with Crippen LogP contribution in [0.2, 0.25) is 0 Å². The molecule has 2 aliphatic rings. The second-order valence-electron chi connectivity index (χ2n) is 9.75. The third kappa shape index (κ3) is 6.44. The second-order valence-corrected chi connectivity index (χ2v) is 9.75. The number of benzene rings is 1. The molecule has 1 saturated heterocycles. The molecule has 2 amide bonds. The summed E-state index contributed by atoms with van der Waals surface area (Å²) in [7, 11) is 0. The van der Waals surface area contributed by atoms with E-state index in [1.54, 1.807) is 6.08 Å². The first-order valence-corrected chi connectivity index (χ1v) is 11.8. The molecule has 1 aromatic carbocycles. The fourth-order valence-corrected chi connectivity index (χ4v) is 4.00. The number of aliphatic hydroxyl groups is 1. The van der Waals surface area contributed by atoms with Gasteiger partial charge in [-0.25, -0.2) is 13.6 Å². The Morgan fingerprint density at radius 1 is 1.30 bits per heavy atom. The summed E-state index contributed by atoms with van der Waals surface area (Å²) in [5.41, 5.74) is -0.307. The highest BCUT2D eigenvalue weighted by Crippen LogP contribution is 2.32. The maximum Gasteiger partial charge on any atom is 0.414 e. The normalized spacial score (nSPS) is 19.0. The molecule has 2 aromatic rings. The van der Waals surface area contributed by atoms with Crippen LogP contribution < -0.4 is 9.64 Å². The van der Waals surface area contributed by atoms with E-state index < -0.39 is 41.4 Å². The number of rotatable bonds is 8. The Bertz CT molecular complexity index is 1140. The lowest BCUT2D eigenvalue weighted by Crippen LogP contribution is -2.44. The first-order chi connectivity index (χ1) is 17.5. The summed E-state index contributed by atoms with van der Waals surface area (Å²) in [4.78, 5) is 27.3. The van der Waals surface area contributed by atoms with Crippen LogP contribution in [0.5, 0.6) is 5.88 Å². The van der Waals surface area contributed by atoms with Crippen molar-refractivity contribution in [3.63, 3.8) is 0 Å². The molecule has 10 nitrogen and oxygen atoms in total. The van der Waals surface area contributed by atoms with E-state index in [9.17, 15) is 14.7 Å². The van der Waals surface area contributed by atoms with Gasteiger partial charge in [0.05, 0.1) is 24.4 Å². The van der Waals surface area contributed by atoms with Crippen LogP contribution in [0.4, 0.5) is 19.3 Å². The predicted octanol–water partition coefficient (Wildman–Crippen LogP) is 3.15. The van der Waals surface area contributed by atoms with Crippen LogP contribution in [-0.2, 0) is 14.3 Å². The zero-order valence-corrected chi connectivity index (χ0v) is 20.8. The number of hydrogen-bond acceptors (Lipinski definition) is 8. The lowest BCUT2D eigenvalue weighted by atomic mass is 9.97. The largest absolute Gasteiger partial charge is 0.471 e. The zero-order valence-electron chi connectivity index (χ0n) is 20.8. The summed E-state index contributed by atoms with van der Waals surface area (Å²) >= 11 is 0. The average Bonchev–Trinajstić information content (AvgIpc) is 3.49. The minimum Gasteiger partial charge on any atom is -0.471 e. The highest BCUT2D eigenvalue weighted by atomic mass is 19.1. The molecular weight excluding hydrogens is 492 g/mol. The molecular formula is C25H29F2N3O7.